The number of nitrogens with one attached hydrogen (secondary N) is 1. The van der Waals surface area contributed by atoms with E-state index in [2.05, 4.69) is 10.3 Å². The first-order chi connectivity index (χ1) is 9.60. The highest BCUT2D eigenvalue weighted by Gasteiger charge is 2.27. The van der Waals surface area contributed by atoms with E-state index in [9.17, 15) is 9.59 Å². The molecule has 0 bridgehead atoms. The van der Waals surface area contributed by atoms with E-state index >= 15 is 0 Å². The smallest absolute Gasteiger partial charge is 0.270 e. The van der Waals surface area contributed by atoms with Crippen molar-refractivity contribution in [1.29, 1.82) is 0 Å². The van der Waals surface area contributed by atoms with Crippen molar-refractivity contribution in [3.8, 4) is 0 Å². The summed E-state index contributed by atoms with van der Waals surface area (Å²) in [6, 6.07) is 0.00779. The number of carbonyl (C=O) groups excluding carboxylic acids is 2. The fraction of sp³-hybridized carbons (Fsp3) is 0.615. The van der Waals surface area contributed by atoms with Gasteiger partial charge in [-0.3, -0.25) is 9.59 Å². The zero-order valence-electron chi connectivity index (χ0n) is 11.3. The number of hydrogen-bond acceptors (Lipinski definition) is 5. The van der Waals surface area contributed by atoms with Gasteiger partial charge < -0.3 is 16.8 Å². The molecule has 0 aromatic carbocycles. The minimum absolute atomic E-state index is 0.00779. The third-order valence-electron chi connectivity index (χ3n) is 3.55. The maximum Gasteiger partial charge on any atom is 0.270 e. The van der Waals surface area contributed by atoms with Crippen molar-refractivity contribution in [1.82, 2.24) is 10.3 Å². The van der Waals surface area contributed by atoms with Crippen LogP contribution in [0.5, 0.6) is 0 Å². The van der Waals surface area contributed by atoms with Crippen LogP contribution in [0.25, 0.3) is 0 Å². The summed E-state index contributed by atoms with van der Waals surface area (Å²) in [4.78, 5) is 27.6. The van der Waals surface area contributed by atoms with Crippen LogP contribution in [0.1, 0.15) is 41.2 Å². The summed E-state index contributed by atoms with van der Waals surface area (Å²) in [6.07, 6.45) is 3.93. The summed E-state index contributed by atoms with van der Waals surface area (Å²) in [5.74, 6) is -0.584. The monoisotopic (exact) mass is 296 g/mol. The average Bonchev–Trinajstić information content (AvgIpc) is 2.88. The van der Waals surface area contributed by atoms with E-state index < -0.39 is 0 Å². The van der Waals surface area contributed by atoms with Crippen LogP contribution >= 0.6 is 11.3 Å². The first-order valence-electron chi connectivity index (χ1n) is 6.84. The zero-order chi connectivity index (χ0) is 14.5. The quantitative estimate of drug-likeness (QED) is 0.731. The van der Waals surface area contributed by atoms with Gasteiger partial charge in [0.2, 0.25) is 5.91 Å². The van der Waals surface area contributed by atoms with Gasteiger partial charge in [-0.1, -0.05) is 6.42 Å². The van der Waals surface area contributed by atoms with Crippen LogP contribution in [0.2, 0.25) is 0 Å². The predicted octanol–water partition coefficient (Wildman–Crippen LogP) is 0.418. The third-order valence-corrected chi connectivity index (χ3v) is 4.46. The Bertz CT molecular complexity index is 488. The topological polar surface area (TPSA) is 111 Å². The standard InChI is InChI=1S/C13H20N4O2S/c14-5-4-11-17-10(7-20-11)13(19)16-9-3-1-2-8(6-9)12(15)18/h7-9H,1-6,14H2,(H2,15,18)(H,16,19). The van der Waals surface area contributed by atoms with Gasteiger partial charge in [-0.25, -0.2) is 4.98 Å². The number of nitrogens with two attached hydrogens (primary N) is 2. The summed E-state index contributed by atoms with van der Waals surface area (Å²) in [7, 11) is 0. The maximum atomic E-state index is 12.1. The van der Waals surface area contributed by atoms with Crippen LogP contribution in [-0.4, -0.2) is 29.4 Å². The van der Waals surface area contributed by atoms with Gasteiger partial charge in [-0.2, -0.15) is 0 Å². The average molecular weight is 296 g/mol. The molecule has 1 aliphatic carbocycles. The Morgan fingerprint density at radius 2 is 2.25 bits per heavy atom. The second-order valence-corrected chi connectivity index (χ2v) is 6.04. The molecule has 2 amide bonds. The number of amides is 2. The lowest BCUT2D eigenvalue weighted by Crippen LogP contribution is -2.41. The van der Waals surface area contributed by atoms with Crippen molar-refractivity contribution in [3.05, 3.63) is 16.1 Å². The number of nitrogens with zero attached hydrogens (tertiary/aromatic N) is 1. The molecule has 1 heterocycles. The molecule has 0 radical (unpaired) electrons. The normalized spacial score (nSPS) is 22.4. The number of aromatic nitrogens is 1. The molecule has 2 rings (SSSR count). The molecular weight excluding hydrogens is 276 g/mol. The fourth-order valence-electron chi connectivity index (χ4n) is 2.49. The fourth-order valence-corrected chi connectivity index (χ4v) is 3.29. The van der Waals surface area contributed by atoms with Crippen LogP contribution in [0.15, 0.2) is 5.38 Å². The van der Waals surface area contributed by atoms with Gasteiger partial charge in [0.25, 0.3) is 5.91 Å². The molecule has 110 valence electrons. The molecule has 6 nitrogen and oxygen atoms in total. The lowest BCUT2D eigenvalue weighted by molar-refractivity contribution is -0.122. The Morgan fingerprint density at radius 1 is 1.45 bits per heavy atom. The van der Waals surface area contributed by atoms with E-state index in [0.29, 0.717) is 25.1 Å². The van der Waals surface area contributed by atoms with Gasteiger partial charge in [0.1, 0.15) is 5.69 Å². The minimum atomic E-state index is -0.275. The van der Waals surface area contributed by atoms with E-state index in [1.54, 1.807) is 5.38 Å². The summed E-state index contributed by atoms with van der Waals surface area (Å²) < 4.78 is 0. The van der Waals surface area contributed by atoms with Crippen molar-refractivity contribution >= 4 is 23.2 Å². The maximum absolute atomic E-state index is 12.1. The zero-order valence-corrected chi connectivity index (χ0v) is 12.1. The Morgan fingerprint density at radius 3 is 2.95 bits per heavy atom. The number of thiazole rings is 1. The molecule has 2 atom stereocenters. The van der Waals surface area contributed by atoms with Crippen molar-refractivity contribution in [3.63, 3.8) is 0 Å². The lowest BCUT2D eigenvalue weighted by atomic mass is 9.85. The highest BCUT2D eigenvalue weighted by molar-refractivity contribution is 7.09. The summed E-state index contributed by atoms with van der Waals surface area (Å²) in [5.41, 5.74) is 11.2. The van der Waals surface area contributed by atoms with E-state index in [-0.39, 0.29) is 23.8 Å². The summed E-state index contributed by atoms with van der Waals surface area (Å²) in [5, 5.41) is 5.56. The van der Waals surface area contributed by atoms with E-state index in [1.807, 2.05) is 0 Å². The molecule has 0 aliphatic heterocycles. The molecule has 1 aliphatic rings. The van der Waals surface area contributed by atoms with Crippen molar-refractivity contribution < 1.29 is 9.59 Å². The van der Waals surface area contributed by atoms with Gasteiger partial charge in [0, 0.05) is 23.8 Å². The number of hydrogen-bond donors (Lipinski definition) is 3. The van der Waals surface area contributed by atoms with Gasteiger partial charge in [-0.05, 0) is 25.8 Å². The molecule has 1 fully saturated rings. The van der Waals surface area contributed by atoms with Crippen LogP contribution in [0.3, 0.4) is 0 Å². The summed E-state index contributed by atoms with van der Waals surface area (Å²) >= 11 is 1.44. The van der Waals surface area contributed by atoms with Crippen LogP contribution in [-0.2, 0) is 11.2 Å². The number of carbonyl (C=O) groups is 2. The second kappa shape index (κ2) is 6.81. The predicted molar refractivity (Wildman–Crippen MR) is 77.3 cm³/mol. The van der Waals surface area contributed by atoms with Crippen molar-refractivity contribution in [2.75, 3.05) is 6.54 Å². The SMILES string of the molecule is NCCc1nc(C(=O)NC2CCCC(C(N)=O)C2)cs1. The van der Waals surface area contributed by atoms with Crippen molar-refractivity contribution in [2.45, 2.75) is 38.1 Å². The first kappa shape index (κ1) is 14.9. The lowest BCUT2D eigenvalue weighted by Gasteiger charge is -2.27. The molecule has 7 heteroatoms. The Hall–Kier alpha value is -1.47. The van der Waals surface area contributed by atoms with Gasteiger partial charge in [-0.15, -0.1) is 11.3 Å². The van der Waals surface area contributed by atoms with Crippen molar-refractivity contribution in [2.24, 2.45) is 17.4 Å². The van der Waals surface area contributed by atoms with Gasteiger partial charge in [0.05, 0.1) is 5.01 Å². The summed E-state index contributed by atoms with van der Waals surface area (Å²) in [6.45, 7) is 0.525. The largest absolute Gasteiger partial charge is 0.369 e. The molecule has 1 aromatic heterocycles. The van der Waals surface area contributed by atoms with E-state index in [0.717, 1.165) is 24.3 Å². The highest BCUT2D eigenvalue weighted by Crippen LogP contribution is 2.24. The second-order valence-electron chi connectivity index (χ2n) is 5.10. The molecule has 0 saturated heterocycles. The minimum Gasteiger partial charge on any atom is -0.369 e. The van der Waals surface area contributed by atoms with E-state index in [1.165, 1.54) is 11.3 Å². The molecule has 5 N–H and O–H groups in total. The molecular formula is C13H20N4O2S. The Kier molecular flexibility index (Phi) is 5.08. The van der Waals surface area contributed by atoms with Gasteiger partial charge in [0.15, 0.2) is 0 Å². The molecule has 1 aromatic rings. The number of rotatable bonds is 5. The molecule has 20 heavy (non-hydrogen) atoms. The molecule has 0 spiro atoms. The van der Waals surface area contributed by atoms with E-state index in [4.69, 9.17) is 11.5 Å². The van der Waals surface area contributed by atoms with Crippen LogP contribution < -0.4 is 16.8 Å². The van der Waals surface area contributed by atoms with Crippen LogP contribution in [0.4, 0.5) is 0 Å². The number of primary amides is 1. The van der Waals surface area contributed by atoms with Crippen LogP contribution in [0, 0.1) is 5.92 Å². The molecule has 2 unspecified atom stereocenters. The first-order valence-corrected chi connectivity index (χ1v) is 7.72. The molecule has 1 saturated carbocycles. The third kappa shape index (κ3) is 3.77. The highest BCUT2D eigenvalue weighted by atomic mass is 32.1. The Labute approximate surface area is 121 Å². The Balaban J connectivity index is 1.91. The van der Waals surface area contributed by atoms with Gasteiger partial charge >= 0.3 is 0 Å².